The van der Waals surface area contributed by atoms with Crippen LogP contribution in [0.15, 0.2) is 11.6 Å². The molecule has 0 heterocycles. The Balaban J connectivity index is 2.62. The lowest BCUT2D eigenvalue weighted by molar-refractivity contribution is -0.130. The first-order chi connectivity index (χ1) is 6.54. The molecule has 1 N–H and O–H groups in total. The summed E-state index contributed by atoms with van der Waals surface area (Å²) in [7, 11) is 1.66. The van der Waals surface area contributed by atoms with Gasteiger partial charge in [-0.2, -0.15) is 0 Å². The average molecular weight is 218 g/mol. The number of likely N-dealkylation sites (N-methyl/N-ethyl adjacent to an activating group) is 1. The zero-order valence-electron chi connectivity index (χ0n) is 8.37. The topological polar surface area (TPSA) is 40.5 Å². The minimum atomic E-state index is -0.422. The van der Waals surface area contributed by atoms with Crippen LogP contribution >= 0.6 is 11.6 Å². The van der Waals surface area contributed by atoms with E-state index < -0.39 is 6.10 Å². The Morgan fingerprint density at radius 2 is 2.07 bits per heavy atom. The van der Waals surface area contributed by atoms with E-state index in [-0.39, 0.29) is 17.0 Å². The van der Waals surface area contributed by atoms with Crippen LogP contribution in [0.4, 0.5) is 0 Å². The molecular formula is C10H16ClNO2. The lowest BCUT2D eigenvalue weighted by Gasteiger charge is -2.34. The fraction of sp³-hybridized carbons (Fsp3) is 0.700. The maximum Gasteiger partial charge on any atom is 0.264 e. The molecule has 1 amide bonds. The Kier molecular flexibility index (Phi) is 3.96. The van der Waals surface area contributed by atoms with Crippen molar-refractivity contribution in [2.24, 2.45) is 0 Å². The van der Waals surface area contributed by atoms with E-state index in [9.17, 15) is 9.90 Å². The van der Waals surface area contributed by atoms with Gasteiger partial charge in [-0.1, -0.05) is 31.0 Å². The molecule has 0 radical (unpaired) electrons. The summed E-state index contributed by atoms with van der Waals surface area (Å²) >= 11 is 5.52. The van der Waals surface area contributed by atoms with Gasteiger partial charge in [-0.05, 0) is 12.8 Å². The minimum Gasteiger partial charge on any atom is -0.391 e. The van der Waals surface area contributed by atoms with Crippen LogP contribution in [0, 0.1) is 0 Å². The van der Waals surface area contributed by atoms with Gasteiger partial charge < -0.3 is 10.0 Å². The largest absolute Gasteiger partial charge is 0.391 e. The number of aliphatic hydroxyl groups excluding tert-OH is 1. The lowest BCUT2D eigenvalue weighted by atomic mass is 9.91. The van der Waals surface area contributed by atoms with Crippen LogP contribution in [0.1, 0.15) is 25.7 Å². The van der Waals surface area contributed by atoms with E-state index in [0.29, 0.717) is 0 Å². The smallest absolute Gasteiger partial charge is 0.264 e. The number of hydrogen-bond acceptors (Lipinski definition) is 2. The van der Waals surface area contributed by atoms with E-state index in [2.05, 4.69) is 6.58 Å². The van der Waals surface area contributed by atoms with Crippen LogP contribution < -0.4 is 0 Å². The van der Waals surface area contributed by atoms with Crippen molar-refractivity contribution in [3.63, 3.8) is 0 Å². The standard InChI is InChI=1S/C10H16ClNO2/c1-7(11)10(14)12(2)8-5-3-4-6-9(8)13/h8-9,13H,1,3-6H2,2H3. The number of carbonyl (C=O) groups is 1. The molecule has 2 atom stereocenters. The third-order valence-electron chi connectivity index (χ3n) is 2.74. The van der Waals surface area contributed by atoms with Gasteiger partial charge in [0.2, 0.25) is 0 Å². The summed E-state index contributed by atoms with van der Waals surface area (Å²) in [6.45, 7) is 3.39. The highest BCUT2D eigenvalue weighted by atomic mass is 35.5. The van der Waals surface area contributed by atoms with E-state index in [0.717, 1.165) is 25.7 Å². The van der Waals surface area contributed by atoms with Gasteiger partial charge >= 0.3 is 0 Å². The van der Waals surface area contributed by atoms with Crippen molar-refractivity contribution < 1.29 is 9.90 Å². The number of amides is 1. The Morgan fingerprint density at radius 1 is 1.50 bits per heavy atom. The van der Waals surface area contributed by atoms with E-state index in [4.69, 9.17) is 11.6 Å². The van der Waals surface area contributed by atoms with E-state index in [1.54, 1.807) is 7.05 Å². The zero-order chi connectivity index (χ0) is 10.7. The molecule has 4 heteroatoms. The number of nitrogens with zero attached hydrogens (tertiary/aromatic N) is 1. The van der Waals surface area contributed by atoms with Crippen molar-refractivity contribution in [1.29, 1.82) is 0 Å². The second-order valence-corrected chi connectivity index (χ2v) is 4.20. The quantitative estimate of drug-likeness (QED) is 0.713. The van der Waals surface area contributed by atoms with Gasteiger partial charge in [0.1, 0.15) is 0 Å². The van der Waals surface area contributed by atoms with Gasteiger partial charge in [0.25, 0.3) is 5.91 Å². The third-order valence-corrected chi connectivity index (χ3v) is 2.91. The Morgan fingerprint density at radius 3 is 2.57 bits per heavy atom. The third kappa shape index (κ3) is 2.49. The summed E-state index contributed by atoms with van der Waals surface area (Å²) in [5, 5.41) is 9.71. The SMILES string of the molecule is C=C(Cl)C(=O)N(C)C1CCCCC1O. The van der Waals surface area contributed by atoms with E-state index in [1.165, 1.54) is 4.90 Å². The highest BCUT2D eigenvalue weighted by Crippen LogP contribution is 2.23. The summed E-state index contributed by atoms with van der Waals surface area (Å²) in [6, 6.07) is -0.105. The van der Waals surface area contributed by atoms with Crippen molar-refractivity contribution in [2.45, 2.75) is 37.8 Å². The average Bonchev–Trinajstić information content (AvgIpc) is 2.16. The summed E-state index contributed by atoms with van der Waals surface area (Å²) in [5.74, 6) is -0.294. The molecule has 0 aliphatic heterocycles. The summed E-state index contributed by atoms with van der Waals surface area (Å²) in [5.41, 5.74) is 0. The van der Waals surface area contributed by atoms with Crippen LogP contribution in [0.2, 0.25) is 0 Å². The molecule has 3 nitrogen and oxygen atoms in total. The summed E-state index contributed by atoms with van der Waals surface area (Å²) in [6.07, 6.45) is 3.26. The molecule has 0 aromatic rings. The molecule has 14 heavy (non-hydrogen) atoms. The second kappa shape index (κ2) is 4.80. The first kappa shape index (κ1) is 11.5. The number of carbonyl (C=O) groups excluding carboxylic acids is 1. The van der Waals surface area contributed by atoms with Gasteiger partial charge in [0.15, 0.2) is 0 Å². The van der Waals surface area contributed by atoms with Crippen molar-refractivity contribution in [1.82, 2.24) is 4.90 Å². The molecule has 1 saturated carbocycles. The predicted molar refractivity (Wildman–Crippen MR) is 56.0 cm³/mol. The van der Waals surface area contributed by atoms with Gasteiger partial charge in [-0.25, -0.2) is 0 Å². The number of aliphatic hydroxyl groups is 1. The normalized spacial score (nSPS) is 27.1. The molecule has 1 aliphatic carbocycles. The lowest BCUT2D eigenvalue weighted by Crippen LogP contribution is -2.46. The minimum absolute atomic E-state index is 0.00488. The van der Waals surface area contributed by atoms with Crippen molar-refractivity contribution in [3.8, 4) is 0 Å². The van der Waals surface area contributed by atoms with Crippen LogP contribution in [0.3, 0.4) is 0 Å². The van der Waals surface area contributed by atoms with Crippen LogP contribution in [0.25, 0.3) is 0 Å². The Labute approximate surface area is 89.3 Å². The molecule has 1 fully saturated rings. The molecule has 1 rings (SSSR count). The van der Waals surface area contributed by atoms with Crippen molar-refractivity contribution >= 4 is 17.5 Å². The van der Waals surface area contributed by atoms with Crippen molar-refractivity contribution in [3.05, 3.63) is 11.6 Å². The van der Waals surface area contributed by atoms with Gasteiger partial charge in [-0.3, -0.25) is 4.79 Å². The maximum atomic E-state index is 11.5. The number of halogens is 1. The highest BCUT2D eigenvalue weighted by Gasteiger charge is 2.29. The Bertz CT molecular complexity index is 242. The molecule has 0 aromatic heterocycles. The number of rotatable bonds is 2. The summed E-state index contributed by atoms with van der Waals surface area (Å²) in [4.78, 5) is 13.0. The molecule has 0 aromatic carbocycles. The van der Waals surface area contributed by atoms with Gasteiger partial charge in [0, 0.05) is 7.05 Å². The highest BCUT2D eigenvalue weighted by molar-refractivity contribution is 6.41. The molecule has 2 unspecified atom stereocenters. The Hall–Kier alpha value is -0.540. The second-order valence-electron chi connectivity index (χ2n) is 3.74. The molecule has 0 spiro atoms. The molecule has 0 bridgehead atoms. The van der Waals surface area contributed by atoms with Gasteiger partial charge in [-0.15, -0.1) is 0 Å². The van der Waals surface area contributed by atoms with Crippen molar-refractivity contribution in [2.75, 3.05) is 7.05 Å². The molecule has 80 valence electrons. The summed E-state index contributed by atoms with van der Waals surface area (Å²) < 4.78 is 0. The fourth-order valence-corrected chi connectivity index (χ4v) is 2.02. The first-order valence-electron chi connectivity index (χ1n) is 4.83. The van der Waals surface area contributed by atoms with Gasteiger partial charge in [0.05, 0.1) is 17.2 Å². The fourth-order valence-electron chi connectivity index (χ4n) is 1.89. The molecule has 1 aliphatic rings. The van der Waals surface area contributed by atoms with E-state index >= 15 is 0 Å². The predicted octanol–water partition coefficient (Wildman–Crippen LogP) is 1.50. The first-order valence-corrected chi connectivity index (χ1v) is 5.21. The molecule has 0 saturated heterocycles. The molecular weight excluding hydrogens is 202 g/mol. The maximum absolute atomic E-state index is 11.5. The monoisotopic (exact) mass is 217 g/mol. The van der Waals surface area contributed by atoms with Crippen LogP contribution in [-0.2, 0) is 4.79 Å². The number of hydrogen-bond donors (Lipinski definition) is 1. The zero-order valence-corrected chi connectivity index (χ0v) is 9.13. The van der Waals surface area contributed by atoms with Crippen LogP contribution in [-0.4, -0.2) is 35.1 Å². The van der Waals surface area contributed by atoms with Crippen LogP contribution in [0.5, 0.6) is 0 Å². The van der Waals surface area contributed by atoms with E-state index in [1.807, 2.05) is 0 Å².